The number of ether oxygens (including phenoxy) is 1. The molecule has 1 fully saturated rings. The summed E-state index contributed by atoms with van der Waals surface area (Å²) in [5, 5.41) is 3.55. The van der Waals surface area contributed by atoms with Crippen LogP contribution in [0.2, 0.25) is 0 Å². The molecule has 1 saturated heterocycles. The Balaban J connectivity index is 2.15. The topological polar surface area (TPSA) is 37.4 Å². The number of pyridine rings is 1. The predicted molar refractivity (Wildman–Crippen MR) is 77.6 cm³/mol. The first-order valence-corrected chi connectivity index (χ1v) is 6.98. The van der Waals surface area contributed by atoms with Gasteiger partial charge in [0.1, 0.15) is 5.75 Å². The molecule has 1 aliphatic rings. The van der Waals surface area contributed by atoms with E-state index in [1.807, 2.05) is 13.1 Å². The molecule has 2 heterocycles. The van der Waals surface area contributed by atoms with Crippen LogP contribution in [0.3, 0.4) is 0 Å². The smallest absolute Gasteiger partial charge is 0.128 e. The Kier molecular flexibility index (Phi) is 4.42. The largest absolute Gasteiger partial charge is 0.496 e. The summed E-state index contributed by atoms with van der Waals surface area (Å²) in [4.78, 5) is 7.06. The lowest BCUT2D eigenvalue weighted by molar-refractivity contribution is 0.164. The summed E-state index contributed by atoms with van der Waals surface area (Å²) in [5.74, 6) is 0.973. The van der Waals surface area contributed by atoms with Gasteiger partial charge in [-0.3, -0.25) is 9.88 Å². The molecule has 4 heteroatoms. The van der Waals surface area contributed by atoms with Gasteiger partial charge >= 0.3 is 0 Å². The van der Waals surface area contributed by atoms with E-state index in [9.17, 15) is 0 Å². The molecule has 0 aliphatic carbocycles. The molecule has 0 spiro atoms. The maximum Gasteiger partial charge on any atom is 0.128 e. The van der Waals surface area contributed by atoms with E-state index in [2.05, 4.69) is 36.0 Å². The summed E-state index contributed by atoms with van der Waals surface area (Å²) >= 11 is 0. The molecule has 0 aromatic carbocycles. The maximum atomic E-state index is 5.48. The zero-order chi connectivity index (χ0) is 14.0. The molecule has 106 valence electrons. The third-order valence-corrected chi connectivity index (χ3v) is 3.76. The van der Waals surface area contributed by atoms with Gasteiger partial charge in [-0.05, 0) is 27.7 Å². The SMILES string of the molecule is COc1c(C)cnc(CN2CC(C)NC(C)C2)c1C. The Morgan fingerprint density at radius 2 is 1.95 bits per heavy atom. The summed E-state index contributed by atoms with van der Waals surface area (Å²) in [6.07, 6.45) is 1.91. The highest BCUT2D eigenvalue weighted by molar-refractivity contribution is 5.41. The number of hydrogen-bond acceptors (Lipinski definition) is 4. The molecule has 2 rings (SSSR count). The second-order valence-electron chi connectivity index (χ2n) is 5.71. The van der Waals surface area contributed by atoms with Crippen molar-refractivity contribution in [1.82, 2.24) is 15.2 Å². The molecule has 0 radical (unpaired) electrons. The van der Waals surface area contributed by atoms with Crippen LogP contribution in [0.1, 0.15) is 30.7 Å². The van der Waals surface area contributed by atoms with Crippen molar-refractivity contribution in [2.45, 2.75) is 46.3 Å². The Hall–Kier alpha value is -1.13. The maximum absolute atomic E-state index is 5.48. The highest BCUT2D eigenvalue weighted by Gasteiger charge is 2.22. The lowest BCUT2D eigenvalue weighted by Crippen LogP contribution is -2.53. The second-order valence-corrected chi connectivity index (χ2v) is 5.71. The van der Waals surface area contributed by atoms with Gasteiger partial charge in [0.2, 0.25) is 0 Å². The van der Waals surface area contributed by atoms with Gasteiger partial charge in [0.25, 0.3) is 0 Å². The van der Waals surface area contributed by atoms with Crippen LogP contribution in [0.15, 0.2) is 6.20 Å². The molecular weight excluding hydrogens is 238 g/mol. The van der Waals surface area contributed by atoms with Crippen molar-refractivity contribution in [3.63, 3.8) is 0 Å². The van der Waals surface area contributed by atoms with Gasteiger partial charge in [-0.1, -0.05) is 0 Å². The average Bonchev–Trinajstić information content (AvgIpc) is 2.32. The fourth-order valence-electron chi connectivity index (χ4n) is 3.01. The first kappa shape index (κ1) is 14.3. The zero-order valence-electron chi connectivity index (χ0n) is 12.7. The van der Waals surface area contributed by atoms with E-state index in [1.165, 1.54) is 5.56 Å². The zero-order valence-corrected chi connectivity index (χ0v) is 12.7. The van der Waals surface area contributed by atoms with E-state index >= 15 is 0 Å². The molecule has 19 heavy (non-hydrogen) atoms. The molecule has 1 N–H and O–H groups in total. The van der Waals surface area contributed by atoms with Gasteiger partial charge in [-0.25, -0.2) is 0 Å². The van der Waals surface area contributed by atoms with Crippen molar-refractivity contribution in [3.8, 4) is 5.75 Å². The molecule has 1 aromatic rings. The fraction of sp³-hybridized carbons (Fsp3) is 0.667. The highest BCUT2D eigenvalue weighted by Crippen LogP contribution is 2.25. The first-order chi connectivity index (χ1) is 9.01. The standard InChI is InChI=1S/C15H25N3O/c1-10-6-16-14(13(4)15(10)19-5)9-18-7-11(2)17-12(3)8-18/h6,11-12,17H,7-9H2,1-5H3. The van der Waals surface area contributed by atoms with E-state index in [0.29, 0.717) is 12.1 Å². The molecule has 4 nitrogen and oxygen atoms in total. The van der Waals surface area contributed by atoms with Crippen LogP contribution in [-0.4, -0.2) is 42.2 Å². The summed E-state index contributed by atoms with van der Waals surface area (Å²) in [5.41, 5.74) is 3.40. The van der Waals surface area contributed by atoms with Crippen molar-refractivity contribution in [2.75, 3.05) is 20.2 Å². The number of nitrogens with one attached hydrogen (secondary N) is 1. The van der Waals surface area contributed by atoms with Crippen LogP contribution in [0.25, 0.3) is 0 Å². The van der Waals surface area contributed by atoms with Gasteiger partial charge in [-0.15, -0.1) is 0 Å². The van der Waals surface area contributed by atoms with Crippen molar-refractivity contribution in [2.24, 2.45) is 0 Å². The number of piperazine rings is 1. The highest BCUT2D eigenvalue weighted by atomic mass is 16.5. The quantitative estimate of drug-likeness (QED) is 0.903. The first-order valence-electron chi connectivity index (χ1n) is 6.98. The monoisotopic (exact) mass is 263 g/mol. The van der Waals surface area contributed by atoms with Gasteiger partial charge in [0, 0.05) is 49.0 Å². The lowest BCUT2D eigenvalue weighted by Gasteiger charge is -2.36. The van der Waals surface area contributed by atoms with Crippen LogP contribution in [0.5, 0.6) is 5.75 Å². The number of aromatic nitrogens is 1. The third-order valence-electron chi connectivity index (χ3n) is 3.76. The molecule has 0 amide bonds. The lowest BCUT2D eigenvalue weighted by atomic mass is 10.1. The van der Waals surface area contributed by atoms with Crippen molar-refractivity contribution < 1.29 is 4.74 Å². The van der Waals surface area contributed by atoms with Crippen LogP contribution >= 0.6 is 0 Å². The van der Waals surface area contributed by atoms with E-state index in [-0.39, 0.29) is 0 Å². The van der Waals surface area contributed by atoms with E-state index in [0.717, 1.165) is 36.6 Å². The fourth-order valence-corrected chi connectivity index (χ4v) is 3.01. The van der Waals surface area contributed by atoms with Crippen LogP contribution in [-0.2, 0) is 6.54 Å². The summed E-state index contributed by atoms with van der Waals surface area (Å²) < 4.78 is 5.48. The summed E-state index contributed by atoms with van der Waals surface area (Å²) in [7, 11) is 1.73. The van der Waals surface area contributed by atoms with E-state index < -0.39 is 0 Å². The molecule has 1 aromatic heterocycles. The normalized spacial score (nSPS) is 24.5. The number of hydrogen-bond donors (Lipinski definition) is 1. The van der Waals surface area contributed by atoms with Crippen molar-refractivity contribution in [1.29, 1.82) is 0 Å². The Labute approximate surface area is 116 Å². The van der Waals surface area contributed by atoms with Gasteiger partial charge in [0.05, 0.1) is 12.8 Å². The minimum atomic E-state index is 0.538. The molecular formula is C15H25N3O. The van der Waals surface area contributed by atoms with Crippen LogP contribution in [0, 0.1) is 13.8 Å². The summed E-state index contributed by atoms with van der Waals surface area (Å²) in [6, 6.07) is 1.08. The third kappa shape index (κ3) is 3.25. The van der Waals surface area contributed by atoms with E-state index in [4.69, 9.17) is 4.74 Å². The van der Waals surface area contributed by atoms with E-state index in [1.54, 1.807) is 7.11 Å². The average molecular weight is 263 g/mol. The molecule has 1 aliphatic heterocycles. The Bertz CT molecular complexity index is 437. The number of aryl methyl sites for hydroxylation is 1. The number of rotatable bonds is 3. The Morgan fingerprint density at radius 3 is 2.53 bits per heavy atom. The summed E-state index contributed by atoms with van der Waals surface area (Å²) in [6.45, 7) is 11.7. The number of methoxy groups -OCH3 is 1. The number of nitrogens with zero attached hydrogens (tertiary/aromatic N) is 2. The van der Waals surface area contributed by atoms with Crippen molar-refractivity contribution >= 4 is 0 Å². The van der Waals surface area contributed by atoms with Crippen LogP contribution in [0.4, 0.5) is 0 Å². The minimum Gasteiger partial charge on any atom is -0.496 e. The van der Waals surface area contributed by atoms with Crippen molar-refractivity contribution in [3.05, 3.63) is 23.0 Å². The second kappa shape index (κ2) is 5.88. The van der Waals surface area contributed by atoms with Gasteiger partial charge in [-0.2, -0.15) is 0 Å². The molecule has 0 bridgehead atoms. The predicted octanol–water partition coefficient (Wildman–Crippen LogP) is 1.89. The van der Waals surface area contributed by atoms with Gasteiger partial charge in [0.15, 0.2) is 0 Å². The Morgan fingerprint density at radius 1 is 1.32 bits per heavy atom. The molecule has 0 saturated carbocycles. The minimum absolute atomic E-state index is 0.538. The van der Waals surface area contributed by atoms with Crippen LogP contribution < -0.4 is 10.1 Å². The molecule has 2 atom stereocenters. The van der Waals surface area contributed by atoms with Gasteiger partial charge < -0.3 is 10.1 Å². The molecule has 2 unspecified atom stereocenters.